The summed E-state index contributed by atoms with van der Waals surface area (Å²) >= 11 is 0. The summed E-state index contributed by atoms with van der Waals surface area (Å²) < 4.78 is 11.6. The molecule has 2 fully saturated rings. The topological polar surface area (TPSA) is 58.9 Å². The van der Waals surface area contributed by atoms with E-state index in [1.54, 1.807) is 0 Å². The molecule has 17 heavy (non-hydrogen) atoms. The smallest absolute Gasteiger partial charge is 0.169 e. The molecule has 2 N–H and O–H groups in total. The Bertz CT molecular complexity index is 194. The van der Waals surface area contributed by atoms with Crippen molar-refractivity contribution < 1.29 is 163 Å². The van der Waals surface area contributed by atoms with Gasteiger partial charge in [-0.25, -0.2) is 0 Å². The minimum Gasteiger partial charge on any atom is -0.394 e. The number of hydrogen-bond acceptors (Lipinski definition) is 4. The Hall–Kier alpha value is 4.07. The fourth-order valence-electron chi connectivity index (χ4n) is 2.57. The van der Waals surface area contributed by atoms with E-state index in [0.717, 1.165) is 38.5 Å². The van der Waals surface area contributed by atoms with Gasteiger partial charge in [-0.2, -0.15) is 0 Å². The SMILES string of the molecule is OC[C@H]1CCCC2(CCC[C@H](CO)O2)O1.[Rn].[Rn]. The Labute approximate surface area is 226 Å². The fraction of sp³-hybridized carbons (Fsp3) is 1.00. The van der Waals surface area contributed by atoms with E-state index in [1.807, 2.05) is 0 Å². The van der Waals surface area contributed by atoms with Crippen molar-refractivity contribution in [1.29, 1.82) is 0 Å². The second-order valence-corrected chi connectivity index (χ2v) is 4.54. The van der Waals surface area contributed by atoms with Gasteiger partial charge in [-0.15, -0.1) is 0 Å². The third-order valence-electron chi connectivity index (χ3n) is 3.34. The molecule has 0 aromatic carbocycles. The maximum atomic E-state index is 9.10. The van der Waals surface area contributed by atoms with Gasteiger partial charge in [-0.05, 0) is 25.7 Å². The predicted octanol–water partition coefficient (Wildman–Crippen LogP) is 0.805. The van der Waals surface area contributed by atoms with Crippen LogP contribution in [0.3, 0.4) is 0 Å². The third-order valence-corrected chi connectivity index (χ3v) is 3.34. The number of aliphatic hydroxyl groups is 2. The van der Waals surface area contributed by atoms with Crippen molar-refractivity contribution in [3.8, 4) is 0 Å². The summed E-state index contributed by atoms with van der Waals surface area (Å²) in [5, 5.41) is 18.2. The fourth-order valence-corrected chi connectivity index (χ4v) is 2.57. The third kappa shape index (κ3) is 6.37. The number of aliphatic hydroxyl groups excluding tert-OH is 2. The van der Waals surface area contributed by atoms with E-state index in [1.165, 1.54) is 0 Å². The zero-order valence-corrected chi connectivity index (χ0v) is 15.2. The molecular weight excluding hydrogens is 640 g/mol. The van der Waals surface area contributed by atoms with E-state index in [2.05, 4.69) is 0 Å². The Morgan fingerprint density at radius 2 is 1.29 bits per heavy atom. The summed E-state index contributed by atoms with van der Waals surface area (Å²) in [7, 11) is 0. The molecule has 0 aromatic rings. The first-order chi connectivity index (χ1) is 7.28. The van der Waals surface area contributed by atoms with Crippen LogP contribution in [0.4, 0.5) is 0 Å². The standard InChI is InChI=1S/C11H20O4.2Rn/c12-7-9-3-1-5-11(14-9)6-2-4-10(8-13)15-11;;/h9-10,12-13H,1-8H2;;/t9-,10-,11?;;/m1../s1. The summed E-state index contributed by atoms with van der Waals surface area (Å²) in [6.45, 7) is 0.129. The van der Waals surface area contributed by atoms with Crippen LogP contribution in [0.15, 0.2) is 0 Å². The number of rotatable bonds is 2. The van der Waals surface area contributed by atoms with Gasteiger partial charge in [0.2, 0.25) is 0 Å². The van der Waals surface area contributed by atoms with E-state index >= 15 is 0 Å². The molecule has 104 valence electrons. The van der Waals surface area contributed by atoms with Crippen molar-refractivity contribution in [3.05, 3.63) is 0 Å². The minimum absolute atomic E-state index is 0. The molecular formula is C11H20O4Rn2. The molecule has 0 amide bonds. The van der Waals surface area contributed by atoms with Crippen molar-refractivity contribution in [2.24, 2.45) is 0 Å². The second kappa shape index (κ2) is 10.7. The molecule has 2 heterocycles. The maximum Gasteiger partial charge on any atom is 0.169 e. The molecule has 6 heteroatoms. The molecule has 0 bridgehead atoms. The molecule has 2 saturated heterocycles. The summed E-state index contributed by atoms with van der Waals surface area (Å²) in [5.74, 6) is -0.517. The molecule has 0 aromatic heterocycles. The van der Waals surface area contributed by atoms with Gasteiger partial charge in [0, 0.05) is 157 Å². The van der Waals surface area contributed by atoms with Gasteiger partial charge in [0.05, 0.1) is 25.4 Å². The Morgan fingerprint density at radius 3 is 1.65 bits per heavy atom. The van der Waals surface area contributed by atoms with Crippen LogP contribution in [-0.2, 0) is 9.47 Å². The molecule has 0 radical (unpaired) electrons. The number of hydrogen-bond donors (Lipinski definition) is 2. The van der Waals surface area contributed by atoms with Crippen molar-refractivity contribution >= 4 is 0 Å². The van der Waals surface area contributed by atoms with Gasteiger partial charge in [0.25, 0.3) is 0 Å². The summed E-state index contributed by atoms with van der Waals surface area (Å²) in [4.78, 5) is 0. The monoisotopic (exact) mass is 660 g/mol. The van der Waals surface area contributed by atoms with E-state index in [4.69, 9.17) is 19.7 Å². The molecule has 0 aliphatic carbocycles. The Morgan fingerprint density at radius 1 is 0.882 bits per heavy atom. The first kappa shape index (κ1) is 21.1. The Balaban J connectivity index is 0.00000128. The number of ether oxygens (including phenoxy) is 2. The van der Waals surface area contributed by atoms with Crippen LogP contribution in [0.1, 0.15) is 38.5 Å². The normalized spacial score (nSPS) is 31.4. The van der Waals surface area contributed by atoms with Crippen LogP contribution < -0.4 is 0 Å². The molecule has 2 aliphatic rings. The first-order valence-corrected chi connectivity index (χ1v) is 5.85. The van der Waals surface area contributed by atoms with Crippen molar-refractivity contribution in [3.63, 3.8) is 0 Å². The van der Waals surface area contributed by atoms with Crippen molar-refractivity contribution in [1.82, 2.24) is 0 Å². The van der Waals surface area contributed by atoms with Crippen molar-refractivity contribution in [2.75, 3.05) is 13.2 Å². The zero-order chi connectivity index (χ0) is 10.7. The molecule has 0 saturated carbocycles. The first-order valence-electron chi connectivity index (χ1n) is 5.85. The van der Waals surface area contributed by atoms with E-state index < -0.39 is 5.79 Å². The minimum atomic E-state index is -0.517. The van der Waals surface area contributed by atoms with E-state index in [9.17, 15) is 0 Å². The molecule has 0 unspecified atom stereocenters. The molecule has 2 aliphatic heterocycles. The quantitative estimate of drug-likeness (QED) is 0.461. The average molecular weight is 660 g/mol. The van der Waals surface area contributed by atoms with Gasteiger partial charge in [0.15, 0.2) is 5.79 Å². The maximum absolute atomic E-state index is 9.10. The predicted molar refractivity (Wildman–Crippen MR) is 54.4 cm³/mol. The largest absolute Gasteiger partial charge is 0.394 e. The van der Waals surface area contributed by atoms with Gasteiger partial charge in [0.1, 0.15) is 0 Å². The van der Waals surface area contributed by atoms with Crippen molar-refractivity contribution in [2.45, 2.75) is 56.5 Å². The van der Waals surface area contributed by atoms with Crippen LogP contribution in [0.5, 0.6) is 0 Å². The van der Waals surface area contributed by atoms with Gasteiger partial charge in [-0.3, -0.25) is 0 Å². The van der Waals surface area contributed by atoms with Crippen LogP contribution >= 0.6 is 0 Å². The summed E-state index contributed by atoms with van der Waals surface area (Å²) in [6, 6.07) is 0. The van der Waals surface area contributed by atoms with E-state index in [-0.39, 0.29) is 169 Å². The average Bonchev–Trinajstić information content (AvgIpc) is 2.29. The van der Waals surface area contributed by atoms with Gasteiger partial charge < -0.3 is 19.7 Å². The van der Waals surface area contributed by atoms with E-state index in [0.29, 0.717) is 0 Å². The molecule has 4 nitrogen and oxygen atoms in total. The second-order valence-electron chi connectivity index (χ2n) is 4.54. The zero-order valence-electron chi connectivity index (χ0n) is 9.73. The van der Waals surface area contributed by atoms with Crippen LogP contribution in [0, 0.1) is 144 Å². The van der Waals surface area contributed by atoms with Crippen LogP contribution in [0.2, 0.25) is 0 Å². The molecule has 1 spiro atoms. The summed E-state index contributed by atoms with van der Waals surface area (Å²) in [6.07, 6.45) is 5.48. The Kier molecular flexibility index (Phi) is 13.3. The van der Waals surface area contributed by atoms with Gasteiger partial charge >= 0.3 is 0 Å². The molecule has 2 atom stereocenters. The summed E-state index contributed by atoms with van der Waals surface area (Å²) in [5.41, 5.74) is 0. The van der Waals surface area contributed by atoms with Crippen LogP contribution in [0.25, 0.3) is 0 Å². The molecule has 2 rings (SSSR count). The van der Waals surface area contributed by atoms with Crippen LogP contribution in [-0.4, -0.2) is 41.4 Å². The van der Waals surface area contributed by atoms with Gasteiger partial charge in [-0.1, -0.05) is 0 Å².